The standard InChI is InChI=1S/C21H28ClN3O4/c1-21(2,3)29-20(28)23-14-18(26)24-17-9-11-25(12-10-17)19(27)8-7-15-5-4-6-16(22)13-15/h4-8,13,17H,9-12,14H2,1-3H3,(H,23,28)(H,24,26)/b8-7+. The van der Waals surface area contributed by atoms with Gasteiger partial charge in [-0.2, -0.15) is 0 Å². The number of hydrogen-bond acceptors (Lipinski definition) is 4. The Kier molecular flexibility index (Phi) is 8.08. The molecule has 0 saturated carbocycles. The van der Waals surface area contributed by atoms with Crippen molar-refractivity contribution in [1.82, 2.24) is 15.5 Å². The number of carbonyl (C=O) groups is 3. The van der Waals surface area contributed by atoms with Gasteiger partial charge in [-0.15, -0.1) is 0 Å². The van der Waals surface area contributed by atoms with Crippen molar-refractivity contribution in [3.8, 4) is 0 Å². The van der Waals surface area contributed by atoms with Gasteiger partial charge in [-0.3, -0.25) is 9.59 Å². The van der Waals surface area contributed by atoms with E-state index in [0.717, 1.165) is 5.56 Å². The molecule has 1 fully saturated rings. The third-order valence-electron chi connectivity index (χ3n) is 4.23. The van der Waals surface area contributed by atoms with Crippen LogP contribution in [-0.4, -0.2) is 54.1 Å². The first-order valence-electron chi connectivity index (χ1n) is 9.61. The fraction of sp³-hybridized carbons (Fsp3) is 0.476. The van der Waals surface area contributed by atoms with Gasteiger partial charge in [-0.05, 0) is 57.4 Å². The van der Waals surface area contributed by atoms with E-state index in [2.05, 4.69) is 10.6 Å². The van der Waals surface area contributed by atoms with Gasteiger partial charge in [0, 0.05) is 30.2 Å². The third-order valence-corrected chi connectivity index (χ3v) is 4.47. The molecule has 2 N–H and O–H groups in total. The molecule has 1 saturated heterocycles. The lowest BCUT2D eigenvalue weighted by Crippen LogP contribution is -2.48. The molecule has 29 heavy (non-hydrogen) atoms. The van der Waals surface area contributed by atoms with E-state index in [1.807, 2.05) is 12.1 Å². The van der Waals surface area contributed by atoms with Gasteiger partial charge in [0.2, 0.25) is 11.8 Å². The van der Waals surface area contributed by atoms with Crippen LogP contribution in [0.5, 0.6) is 0 Å². The minimum atomic E-state index is -0.625. The number of halogens is 1. The van der Waals surface area contributed by atoms with Crippen molar-refractivity contribution in [2.45, 2.75) is 45.3 Å². The average molecular weight is 422 g/mol. The summed E-state index contributed by atoms with van der Waals surface area (Å²) in [6.45, 7) is 6.24. The monoisotopic (exact) mass is 421 g/mol. The molecule has 0 atom stereocenters. The summed E-state index contributed by atoms with van der Waals surface area (Å²) in [6, 6.07) is 7.26. The topological polar surface area (TPSA) is 87.7 Å². The number of rotatable bonds is 5. The van der Waals surface area contributed by atoms with Crippen LogP contribution in [0.4, 0.5) is 4.79 Å². The van der Waals surface area contributed by atoms with E-state index in [9.17, 15) is 14.4 Å². The minimum Gasteiger partial charge on any atom is -0.444 e. The Morgan fingerprint density at radius 3 is 2.55 bits per heavy atom. The number of amides is 3. The maximum absolute atomic E-state index is 12.3. The molecule has 1 aromatic rings. The Bertz CT molecular complexity index is 765. The van der Waals surface area contributed by atoms with Crippen molar-refractivity contribution in [2.75, 3.05) is 19.6 Å². The largest absolute Gasteiger partial charge is 0.444 e. The Morgan fingerprint density at radius 2 is 1.93 bits per heavy atom. The predicted molar refractivity (Wildman–Crippen MR) is 112 cm³/mol. The van der Waals surface area contributed by atoms with Crippen molar-refractivity contribution >= 4 is 35.6 Å². The maximum atomic E-state index is 12.3. The molecule has 7 nitrogen and oxygen atoms in total. The molecule has 0 aliphatic carbocycles. The summed E-state index contributed by atoms with van der Waals surface area (Å²) in [5.74, 6) is -0.345. The predicted octanol–water partition coefficient (Wildman–Crippen LogP) is 2.99. The zero-order valence-corrected chi connectivity index (χ0v) is 17.8. The second-order valence-electron chi connectivity index (χ2n) is 7.91. The molecule has 0 unspecified atom stereocenters. The molecule has 2 rings (SSSR count). The van der Waals surface area contributed by atoms with Gasteiger partial charge >= 0.3 is 6.09 Å². The van der Waals surface area contributed by atoms with Gasteiger partial charge in [0.05, 0.1) is 0 Å². The van der Waals surface area contributed by atoms with Crippen LogP contribution >= 0.6 is 11.6 Å². The van der Waals surface area contributed by atoms with E-state index in [1.54, 1.807) is 43.9 Å². The number of benzene rings is 1. The molecule has 1 heterocycles. The number of hydrogen-bond donors (Lipinski definition) is 2. The van der Waals surface area contributed by atoms with Crippen LogP contribution in [0.3, 0.4) is 0 Å². The summed E-state index contributed by atoms with van der Waals surface area (Å²) in [5.41, 5.74) is 0.256. The van der Waals surface area contributed by atoms with Gasteiger partial charge in [0.15, 0.2) is 0 Å². The van der Waals surface area contributed by atoms with Crippen LogP contribution in [0.25, 0.3) is 6.08 Å². The molecular weight excluding hydrogens is 394 g/mol. The summed E-state index contributed by atoms with van der Waals surface area (Å²) in [5, 5.41) is 5.94. The van der Waals surface area contributed by atoms with Crippen molar-refractivity contribution in [1.29, 1.82) is 0 Å². The van der Waals surface area contributed by atoms with Crippen LogP contribution in [0.2, 0.25) is 5.02 Å². The van der Waals surface area contributed by atoms with Gasteiger partial charge in [0.1, 0.15) is 12.1 Å². The maximum Gasteiger partial charge on any atom is 0.408 e. The Balaban J connectivity index is 1.71. The Labute approximate surface area is 176 Å². The molecule has 158 valence electrons. The normalized spacial score (nSPS) is 15.2. The van der Waals surface area contributed by atoms with Gasteiger partial charge in [-0.25, -0.2) is 4.79 Å². The number of ether oxygens (including phenoxy) is 1. The number of likely N-dealkylation sites (tertiary alicyclic amines) is 1. The Morgan fingerprint density at radius 1 is 1.24 bits per heavy atom. The van der Waals surface area contributed by atoms with Crippen molar-refractivity contribution < 1.29 is 19.1 Å². The first-order chi connectivity index (χ1) is 13.6. The van der Waals surface area contributed by atoms with Crippen LogP contribution < -0.4 is 10.6 Å². The number of piperidine rings is 1. The summed E-state index contributed by atoms with van der Waals surface area (Å²) in [6.07, 6.45) is 3.98. The van der Waals surface area contributed by atoms with E-state index in [-0.39, 0.29) is 24.4 Å². The summed E-state index contributed by atoms with van der Waals surface area (Å²) in [4.78, 5) is 37.7. The van der Waals surface area contributed by atoms with Crippen LogP contribution in [0.1, 0.15) is 39.2 Å². The fourth-order valence-electron chi connectivity index (χ4n) is 2.87. The smallest absolute Gasteiger partial charge is 0.408 e. The highest BCUT2D eigenvalue weighted by atomic mass is 35.5. The van der Waals surface area contributed by atoms with E-state index in [4.69, 9.17) is 16.3 Å². The zero-order valence-electron chi connectivity index (χ0n) is 17.0. The first-order valence-corrected chi connectivity index (χ1v) is 9.99. The SMILES string of the molecule is CC(C)(C)OC(=O)NCC(=O)NC1CCN(C(=O)/C=C/c2cccc(Cl)c2)CC1. The molecule has 1 aliphatic rings. The second-order valence-corrected chi connectivity index (χ2v) is 8.35. The fourth-order valence-corrected chi connectivity index (χ4v) is 3.07. The molecule has 3 amide bonds. The number of alkyl carbamates (subject to hydrolysis) is 1. The molecular formula is C21H28ClN3O4. The average Bonchev–Trinajstić information content (AvgIpc) is 2.64. The van der Waals surface area contributed by atoms with Gasteiger partial charge in [-0.1, -0.05) is 23.7 Å². The number of nitrogens with one attached hydrogen (secondary N) is 2. The molecule has 0 aromatic heterocycles. The molecule has 0 radical (unpaired) electrons. The first kappa shape index (κ1) is 22.7. The number of nitrogens with zero attached hydrogens (tertiary/aromatic N) is 1. The summed E-state index contributed by atoms with van der Waals surface area (Å²) < 4.78 is 5.09. The molecule has 0 spiro atoms. The van der Waals surface area contributed by atoms with Crippen molar-refractivity contribution in [3.63, 3.8) is 0 Å². The van der Waals surface area contributed by atoms with Crippen LogP contribution in [0, 0.1) is 0 Å². The lowest BCUT2D eigenvalue weighted by Gasteiger charge is -2.31. The molecule has 8 heteroatoms. The summed E-state index contributed by atoms with van der Waals surface area (Å²) >= 11 is 5.94. The highest BCUT2D eigenvalue weighted by Crippen LogP contribution is 2.14. The van der Waals surface area contributed by atoms with Crippen molar-refractivity contribution in [2.24, 2.45) is 0 Å². The van der Waals surface area contributed by atoms with E-state index in [1.165, 1.54) is 6.08 Å². The molecule has 1 aromatic carbocycles. The summed E-state index contributed by atoms with van der Waals surface area (Å²) in [7, 11) is 0. The van der Waals surface area contributed by atoms with Crippen molar-refractivity contribution in [3.05, 3.63) is 40.9 Å². The second kappa shape index (κ2) is 10.3. The van der Waals surface area contributed by atoms with Crippen LogP contribution in [0.15, 0.2) is 30.3 Å². The Hall–Kier alpha value is -2.54. The van der Waals surface area contributed by atoms with Gasteiger partial charge in [0.25, 0.3) is 0 Å². The minimum absolute atomic E-state index is 0.0242. The van der Waals surface area contributed by atoms with E-state index >= 15 is 0 Å². The molecule has 1 aliphatic heterocycles. The number of carbonyl (C=O) groups excluding carboxylic acids is 3. The van der Waals surface area contributed by atoms with E-state index in [0.29, 0.717) is 31.0 Å². The highest BCUT2D eigenvalue weighted by molar-refractivity contribution is 6.30. The third kappa shape index (κ3) is 8.56. The van der Waals surface area contributed by atoms with E-state index < -0.39 is 11.7 Å². The molecule has 0 bridgehead atoms. The lowest BCUT2D eigenvalue weighted by atomic mass is 10.0. The highest BCUT2D eigenvalue weighted by Gasteiger charge is 2.23. The van der Waals surface area contributed by atoms with Gasteiger partial charge < -0.3 is 20.3 Å². The zero-order chi connectivity index (χ0) is 21.4. The van der Waals surface area contributed by atoms with Crippen LogP contribution in [-0.2, 0) is 14.3 Å². The quantitative estimate of drug-likeness (QED) is 0.715. The lowest BCUT2D eigenvalue weighted by molar-refractivity contribution is -0.127.